The average molecular weight is 462 g/mol. The Morgan fingerprint density at radius 2 is 1.75 bits per heavy atom. The SMILES string of the molecule is C#Cc1ccc(C(C(=O)NC(C)C)N(C)C(=O)C(CCSC)NC(=O)OC(C)(C)C)cc1. The first kappa shape index (κ1) is 27.4. The molecule has 0 aliphatic carbocycles. The standard InChI is InChI=1S/C24H35N3O4S/c1-9-17-10-12-18(13-11-17)20(21(28)25-16(2)3)27(7)22(29)19(14-15-32-8)26-23(30)31-24(4,5)6/h1,10-13,16,19-20H,14-15H2,2-8H3,(H,25,28)(H,26,30). The number of alkyl carbamates (subject to hydrolysis) is 1. The lowest BCUT2D eigenvalue weighted by Gasteiger charge is -2.32. The second-order valence-electron chi connectivity index (χ2n) is 8.76. The van der Waals surface area contributed by atoms with Crippen LogP contribution in [0.15, 0.2) is 24.3 Å². The van der Waals surface area contributed by atoms with Gasteiger partial charge < -0.3 is 20.3 Å². The Hall–Kier alpha value is -2.66. The molecule has 3 amide bonds. The normalized spacial score (nSPS) is 13.0. The van der Waals surface area contributed by atoms with Crippen molar-refractivity contribution < 1.29 is 19.1 Å². The third-order valence-corrected chi connectivity index (χ3v) is 5.05. The molecule has 0 aliphatic rings. The lowest BCUT2D eigenvalue weighted by Crippen LogP contribution is -2.52. The highest BCUT2D eigenvalue weighted by Gasteiger charge is 2.34. The van der Waals surface area contributed by atoms with Crippen LogP contribution in [-0.2, 0) is 14.3 Å². The highest BCUT2D eigenvalue weighted by Crippen LogP contribution is 2.22. The molecule has 8 heteroatoms. The van der Waals surface area contributed by atoms with Gasteiger partial charge >= 0.3 is 6.09 Å². The summed E-state index contributed by atoms with van der Waals surface area (Å²) in [4.78, 5) is 40.2. The van der Waals surface area contributed by atoms with Crippen LogP contribution in [0.5, 0.6) is 0 Å². The van der Waals surface area contributed by atoms with Crippen LogP contribution in [0.25, 0.3) is 0 Å². The molecule has 2 atom stereocenters. The van der Waals surface area contributed by atoms with E-state index in [2.05, 4.69) is 16.6 Å². The average Bonchev–Trinajstić information content (AvgIpc) is 2.69. The van der Waals surface area contributed by atoms with Crippen LogP contribution in [0, 0.1) is 12.3 Å². The third-order valence-electron chi connectivity index (χ3n) is 4.41. The third kappa shape index (κ3) is 8.83. The molecule has 0 aromatic heterocycles. The van der Waals surface area contributed by atoms with E-state index in [0.29, 0.717) is 23.3 Å². The van der Waals surface area contributed by atoms with E-state index in [0.717, 1.165) is 0 Å². The predicted octanol–water partition coefficient (Wildman–Crippen LogP) is 3.34. The predicted molar refractivity (Wildman–Crippen MR) is 129 cm³/mol. The molecular weight excluding hydrogens is 426 g/mol. The zero-order valence-electron chi connectivity index (χ0n) is 20.0. The van der Waals surface area contributed by atoms with Gasteiger partial charge in [0.1, 0.15) is 17.7 Å². The molecule has 1 aromatic rings. The lowest BCUT2D eigenvalue weighted by atomic mass is 10.0. The summed E-state index contributed by atoms with van der Waals surface area (Å²) in [5, 5.41) is 5.54. The topological polar surface area (TPSA) is 87.7 Å². The van der Waals surface area contributed by atoms with Crippen molar-refractivity contribution in [2.75, 3.05) is 19.1 Å². The molecule has 0 saturated carbocycles. The molecule has 0 fully saturated rings. The van der Waals surface area contributed by atoms with Crippen LogP contribution in [0.1, 0.15) is 58.2 Å². The monoisotopic (exact) mass is 461 g/mol. The Labute approximate surface area is 196 Å². The number of benzene rings is 1. The van der Waals surface area contributed by atoms with Gasteiger partial charge in [0.25, 0.3) is 0 Å². The molecule has 0 saturated heterocycles. The van der Waals surface area contributed by atoms with Crippen molar-refractivity contribution in [1.82, 2.24) is 15.5 Å². The minimum Gasteiger partial charge on any atom is -0.444 e. The van der Waals surface area contributed by atoms with E-state index >= 15 is 0 Å². The molecule has 32 heavy (non-hydrogen) atoms. The van der Waals surface area contributed by atoms with E-state index in [4.69, 9.17) is 11.2 Å². The van der Waals surface area contributed by atoms with Gasteiger partial charge in [0.15, 0.2) is 0 Å². The highest BCUT2D eigenvalue weighted by molar-refractivity contribution is 7.98. The van der Waals surface area contributed by atoms with Crippen molar-refractivity contribution in [1.29, 1.82) is 0 Å². The second-order valence-corrected chi connectivity index (χ2v) is 9.75. The van der Waals surface area contributed by atoms with Gasteiger partial charge in [0.2, 0.25) is 11.8 Å². The molecule has 2 N–H and O–H groups in total. The summed E-state index contributed by atoms with van der Waals surface area (Å²) in [6.45, 7) is 8.96. The van der Waals surface area contributed by atoms with Crippen molar-refractivity contribution in [3.8, 4) is 12.3 Å². The van der Waals surface area contributed by atoms with Crippen LogP contribution in [0.2, 0.25) is 0 Å². The fourth-order valence-corrected chi connectivity index (χ4v) is 3.46. The number of thioether (sulfide) groups is 1. The van der Waals surface area contributed by atoms with Gasteiger partial charge in [0, 0.05) is 18.7 Å². The van der Waals surface area contributed by atoms with Crippen LogP contribution >= 0.6 is 11.8 Å². The first-order chi connectivity index (χ1) is 14.9. The number of ether oxygens (including phenoxy) is 1. The van der Waals surface area contributed by atoms with Gasteiger partial charge in [-0.05, 0) is 70.7 Å². The van der Waals surface area contributed by atoms with Crippen LogP contribution in [-0.4, -0.2) is 59.5 Å². The number of carbonyl (C=O) groups is 3. The number of carbonyl (C=O) groups excluding carboxylic acids is 3. The van der Waals surface area contributed by atoms with Gasteiger partial charge in [-0.15, -0.1) is 6.42 Å². The zero-order valence-corrected chi connectivity index (χ0v) is 20.8. The van der Waals surface area contributed by atoms with E-state index < -0.39 is 23.8 Å². The van der Waals surface area contributed by atoms with Crippen molar-refractivity contribution in [3.05, 3.63) is 35.4 Å². The maximum atomic E-state index is 13.4. The summed E-state index contributed by atoms with van der Waals surface area (Å²) in [6, 6.07) is 5.12. The van der Waals surface area contributed by atoms with Crippen LogP contribution < -0.4 is 10.6 Å². The molecule has 0 aliphatic heterocycles. The summed E-state index contributed by atoms with van der Waals surface area (Å²) in [5.74, 6) is 2.50. The number of terminal acetylenes is 1. The molecule has 0 bridgehead atoms. The van der Waals surface area contributed by atoms with Crippen molar-refractivity contribution >= 4 is 29.7 Å². The maximum absolute atomic E-state index is 13.4. The van der Waals surface area contributed by atoms with Crippen LogP contribution in [0.3, 0.4) is 0 Å². The minimum atomic E-state index is -0.881. The van der Waals surface area contributed by atoms with Gasteiger partial charge in [-0.3, -0.25) is 9.59 Å². The molecule has 1 aromatic carbocycles. The summed E-state index contributed by atoms with van der Waals surface area (Å²) in [7, 11) is 1.56. The van der Waals surface area contributed by atoms with E-state index in [1.807, 2.05) is 20.1 Å². The van der Waals surface area contributed by atoms with Gasteiger partial charge in [-0.2, -0.15) is 11.8 Å². The minimum absolute atomic E-state index is 0.106. The summed E-state index contributed by atoms with van der Waals surface area (Å²) >= 11 is 1.56. The smallest absolute Gasteiger partial charge is 0.408 e. The zero-order chi connectivity index (χ0) is 24.5. The Kier molecular flexibility index (Phi) is 10.6. The lowest BCUT2D eigenvalue weighted by molar-refractivity contribution is -0.141. The van der Waals surface area contributed by atoms with Crippen molar-refractivity contribution in [2.45, 2.75) is 64.8 Å². The molecule has 0 heterocycles. The van der Waals surface area contributed by atoms with E-state index in [1.54, 1.807) is 63.8 Å². The molecule has 176 valence electrons. The Balaban J connectivity index is 3.22. The first-order valence-corrected chi connectivity index (χ1v) is 11.9. The van der Waals surface area contributed by atoms with Gasteiger partial charge in [0.05, 0.1) is 0 Å². The number of nitrogens with one attached hydrogen (secondary N) is 2. The largest absolute Gasteiger partial charge is 0.444 e. The van der Waals surface area contributed by atoms with Crippen molar-refractivity contribution in [2.24, 2.45) is 0 Å². The number of hydrogen-bond acceptors (Lipinski definition) is 5. The highest BCUT2D eigenvalue weighted by atomic mass is 32.2. The van der Waals surface area contributed by atoms with E-state index in [9.17, 15) is 14.4 Å². The fraction of sp³-hybridized carbons (Fsp3) is 0.542. The summed E-state index contributed by atoms with van der Waals surface area (Å²) in [6.07, 6.45) is 7.09. The molecule has 7 nitrogen and oxygen atoms in total. The van der Waals surface area contributed by atoms with Crippen molar-refractivity contribution in [3.63, 3.8) is 0 Å². The maximum Gasteiger partial charge on any atom is 0.408 e. The van der Waals surface area contributed by atoms with E-state index in [-0.39, 0.29) is 17.9 Å². The van der Waals surface area contributed by atoms with Gasteiger partial charge in [-0.1, -0.05) is 18.1 Å². The Morgan fingerprint density at radius 1 is 1.16 bits per heavy atom. The number of amides is 3. The molecule has 1 rings (SSSR count). The number of rotatable bonds is 9. The fourth-order valence-electron chi connectivity index (χ4n) is 2.99. The van der Waals surface area contributed by atoms with E-state index in [1.165, 1.54) is 4.90 Å². The molecular formula is C24H35N3O4S. The first-order valence-electron chi connectivity index (χ1n) is 10.5. The summed E-state index contributed by atoms with van der Waals surface area (Å²) < 4.78 is 5.32. The second kappa shape index (κ2) is 12.4. The summed E-state index contributed by atoms with van der Waals surface area (Å²) in [5.41, 5.74) is 0.607. The Bertz CT molecular complexity index is 825. The Morgan fingerprint density at radius 3 is 2.22 bits per heavy atom. The molecule has 0 radical (unpaired) electrons. The quantitative estimate of drug-likeness (QED) is 0.551. The molecule has 0 spiro atoms. The van der Waals surface area contributed by atoms with Gasteiger partial charge in [-0.25, -0.2) is 4.79 Å². The number of nitrogens with zero attached hydrogens (tertiary/aromatic N) is 1. The molecule has 2 unspecified atom stereocenters. The number of likely N-dealkylation sites (N-methyl/N-ethyl adjacent to an activating group) is 1. The number of hydrogen-bond donors (Lipinski definition) is 2. The van der Waals surface area contributed by atoms with Crippen LogP contribution in [0.4, 0.5) is 4.79 Å².